The van der Waals surface area contributed by atoms with Crippen molar-refractivity contribution in [3.05, 3.63) is 29.6 Å². The fraction of sp³-hybridized carbons (Fsp3) is 0.462. The van der Waals surface area contributed by atoms with Crippen LogP contribution >= 0.6 is 0 Å². The van der Waals surface area contributed by atoms with Gasteiger partial charge in [-0.3, -0.25) is 4.79 Å². The molecule has 0 heterocycles. The van der Waals surface area contributed by atoms with E-state index in [1.54, 1.807) is 12.1 Å². The van der Waals surface area contributed by atoms with Crippen LogP contribution in [-0.4, -0.2) is 25.0 Å². The standard InChI is InChI=1S/C13H18FN3O/c14-10-3-1-4-11(12(10)13(15)18)17-8-2-7-16-9-5-6-9/h1,3-4,9,16-17H,2,5-8H2,(H2,15,18). The van der Waals surface area contributed by atoms with Crippen molar-refractivity contribution in [2.75, 3.05) is 18.4 Å². The predicted octanol–water partition coefficient (Wildman–Crippen LogP) is 1.48. The third-order valence-corrected chi connectivity index (χ3v) is 2.94. The summed E-state index contributed by atoms with van der Waals surface area (Å²) in [5.41, 5.74) is 5.57. The molecule has 18 heavy (non-hydrogen) atoms. The van der Waals surface area contributed by atoms with Crippen LogP contribution in [-0.2, 0) is 0 Å². The maximum absolute atomic E-state index is 13.4. The molecule has 1 saturated carbocycles. The molecule has 1 aromatic rings. The lowest BCUT2D eigenvalue weighted by molar-refractivity contribution is 0.0997. The monoisotopic (exact) mass is 251 g/mol. The van der Waals surface area contributed by atoms with Gasteiger partial charge in [-0.15, -0.1) is 0 Å². The number of hydrogen-bond donors (Lipinski definition) is 3. The van der Waals surface area contributed by atoms with Crippen LogP contribution in [0.3, 0.4) is 0 Å². The molecule has 1 aromatic carbocycles. The van der Waals surface area contributed by atoms with E-state index in [2.05, 4.69) is 10.6 Å². The van der Waals surface area contributed by atoms with Crippen molar-refractivity contribution in [3.8, 4) is 0 Å². The Hall–Kier alpha value is -1.62. The molecule has 0 aliphatic heterocycles. The SMILES string of the molecule is NC(=O)c1c(F)cccc1NCCCNC1CC1. The van der Waals surface area contributed by atoms with Gasteiger partial charge in [-0.1, -0.05) is 6.07 Å². The molecule has 0 radical (unpaired) electrons. The maximum atomic E-state index is 13.4. The van der Waals surface area contributed by atoms with Crippen LogP contribution in [0.25, 0.3) is 0 Å². The first kappa shape index (κ1) is 12.8. The van der Waals surface area contributed by atoms with E-state index in [0.717, 1.165) is 13.0 Å². The van der Waals surface area contributed by atoms with Crippen LogP contribution < -0.4 is 16.4 Å². The van der Waals surface area contributed by atoms with Crippen LogP contribution in [0, 0.1) is 5.82 Å². The summed E-state index contributed by atoms with van der Waals surface area (Å²) in [6.45, 7) is 1.61. The van der Waals surface area contributed by atoms with Crippen molar-refractivity contribution in [3.63, 3.8) is 0 Å². The number of nitrogens with two attached hydrogens (primary N) is 1. The van der Waals surface area contributed by atoms with Crippen molar-refractivity contribution in [1.82, 2.24) is 5.32 Å². The number of hydrogen-bond acceptors (Lipinski definition) is 3. The molecule has 2 rings (SSSR count). The van der Waals surface area contributed by atoms with Crippen LogP contribution in [0.5, 0.6) is 0 Å². The quantitative estimate of drug-likeness (QED) is 0.643. The number of benzene rings is 1. The average Bonchev–Trinajstić information content (AvgIpc) is 3.12. The molecule has 5 heteroatoms. The van der Waals surface area contributed by atoms with Crippen molar-refractivity contribution < 1.29 is 9.18 Å². The highest BCUT2D eigenvalue weighted by Crippen LogP contribution is 2.19. The van der Waals surface area contributed by atoms with E-state index in [1.807, 2.05) is 0 Å². The third kappa shape index (κ3) is 3.43. The highest BCUT2D eigenvalue weighted by atomic mass is 19.1. The summed E-state index contributed by atoms with van der Waals surface area (Å²) < 4.78 is 13.4. The number of halogens is 1. The zero-order valence-corrected chi connectivity index (χ0v) is 10.2. The van der Waals surface area contributed by atoms with Gasteiger partial charge in [0.1, 0.15) is 5.82 Å². The number of amides is 1. The van der Waals surface area contributed by atoms with Gasteiger partial charge < -0.3 is 16.4 Å². The summed E-state index contributed by atoms with van der Waals surface area (Å²) in [5, 5.41) is 6.43. The number of rotatable bonds is 7. The van der Waals surface area contributed by atoms with Gasteiger partial charge in [-0.2, -0.15) is 0 Å². The Morgan fingerprint density at radius 3 is 2.83 bits per heavy atom. The van der Waals surface area contributed by atoms with E-state index >= 15 is 0 Å². The van der Waals surface area contributed by atoms with E-state index < -0.39 is 11.7 Å². The van der Waals surface area contributed by atoms with Crippen molar-refractivity contribution in [2.24, 2.45) is 5.73 Å². The smallest absolute Gasteiger partial charge is 0.253 e. The molecular weight excluding hydrogens is 233 g/mol. The zero-order chi connectivity index (χ0) is 13.0. The predicted molar refractivity (Wildman–Crippen MR) is 69.0 cm³/mol. The van der Waals surface area contributed by atoms with E-state index in [4.69, 9.17) is 5.73 Å². The first-order valence-corrected chi connectivity index (χ1v) is 6.24. The molecule has 1 fully saturated rings. The van der Waals surface area contributed by atoms with Gasteiger partial charge in [0, 0.05) is 18.3 Å². The second kappa shape index (κ2) is 5.82. The summed E-state index contributed by atoms with van der Waals surface area (Å²) in [4.78, 5) is 11.2. The molecular formula is C13H18FN3O. The Morgan fingerprint density at radius 2 is 2.17 bits per heavy atom. The summed E-state index contributed by atoms with van der Waals surface area (Å²) in [6, 6.07) is 5.16. The minimum atomic E-state index is -0.744. The summed E-state index contributed by atoms with van der Waals surface area (Å²) in [5.74, 6) is -1.32. The van der Waals surface area contributed by atoms with Gasteiger partial charge in [0.25, 0.3) is 5.91 Å². The molecule has 0 atom stereocenters. The van der Waals surface area contributed by atoms with Gasteiger partial charge in [-0.05, 0) is 37.9 Å². The van der Waals surface area contributed by atoms with Crippen LogP contribution in [0.1, 0.15) is 29.6 Å². The molecule has 1 aliphatic rings. The molecule has 0 bridgehead atoms. The van der Waals surface area contributed by atoms with E-state index in [-0.39, 0.29) is 5.56 Å². The maximum Gasteiger partial charge on any atom is 0.253 e. The zero-order valence-electron chi connectivity index (χ0n) is 10.2. The molecule has 0 aromatic heterocycles. The van der Waals surface area contributed by atoms with Crippen LogP contribution in [0.15, 0.2) is 18.2 Å². The third-order valence-electron chi connectivity index (χ3n) is 2.94. The van der Waals surface area contributed by atoms with Crippen LogP contribution in [0.2, 0.25) is 0 Å². The van der Waals surface area contributed by atoms with Gasteiger partial charge in [0.2, 0.25) is 0 Å². The van der Waals surface area contributed by atoms with E-state index in [0.29, 0.717) is 18.3 Å². The van der Waals surface area contributed by atoms with Crippen molar-refractivity contribution in [2.45, 2.75) is 25.3 Å². The average molecular weight is 251 g/mol. The number of anilines is 1. The molecule has 4 nitrogen and oxygen atoms in total. The number of nitrogens with one attached hydrogen (secondary N) is 2. The Morgan fingerprint density at radius 1 is 1.39 bits per heavy atom. The lowest BCUT2D eigenvalue weighted by Gasteiger charge is -2.10. The lowest BCUT2D eigenvalue weighted by atomic mass is 10.1. The summed E-state index contributed by atoms with van der Waals surface area (Å²) in [6.07, 6.45) is 3.46. The lowest BCUT2D eigenvalue weighted by Crippen LogP contribution is -2.21. The second-order valence-corrected chi connectivity index (χ2v) is 4.54. The van der Waals surface area contributed by atoms with Gasteiger partial charge in [0.15, 0.2) is 0 Å². The number of primary amides is 1. The number of carbonyl (C=O) groups excluding carboxylic acids is 1. The van der Waals surface area contributed by atoms with Gasteiger partial charge in [0.05, 0.1) is 5.56 Å². The highest BCUT2D eigenvalue weighted by molar-refractivity contribution is 5.98. The molecule has 0 unspecified atom stereocenters. The molecule has 4 N–H and O–H groups in total. The Kier molecular flexibility index (Phi) is 4.15. The first-order chi connectivity index (χ1) is 8.68. The second-order valence-electron chi connectivity index (χ2n) is 4.54. The molecule has 1 amide bonds. The molecule has 98 valence electrons. The fourth-order valence-electron chi connectivity index (χ4n) is 1.83. The minimum Gasteiger partial charge on any atom is -0.384 e. The minimum absolute atomic E-state index is 0.0624. The Labute approximate surface area is 106 Å². The molecule has 1 aliphatic carbocycles. The highest BCUT2D eigenvalue weighted by Gasteiger charge is 2.19. The summed E-state index contributed by atoms with van der Waals surface area (Å²) in [7, 11) is 0. The van der Waals surface area contributed by atoms with Crippen LogP contribution in [0.4, 0.5) is 10.1 Å². The Bertz CT molecular complexity index is 432. The van der Waals surface area contributed by atoms with Gasteiger partial charge >= 0.3 is 0 Å². The first-order valence-electron chi connectivity index (χ1n) is 6.24. The Balaban J connectivity index is 1.83. The topological polar surface area (TPSA) is 67.2 Å². The fourth-order valence-corrected chi connectivity index (χ4v) is 1.83. The van der Waals surface area contributed by atoms with E-state index in [1.165, 1.54) is 18.9 Å². The van der Waals surface area contributed by atoms with Crippen molar-refractivity contribution in [1.29, 1.82) is 0 Å². The molecule has 0 saturated heterocycles. The number of carbonyl (C=O) groups is 1. The molecule has 0 spiro atoms. The summed E-state index contributed by atoms with van der Waals surface area (Å²) >= 11 is 0. The largest absolute Gasteiger partial charge is 0.384 e. The normalized spacial score (nSPS) is 14.5. The van der Waals surface area contributed by atoms with E-state index in [9.17, 15) is 9.18 Å². The van der Waals surface area contributed by atoms with Gasteiger partial charge in [-0.25, -0.2) is 4.39 Å². The van der Waals surface area contributed by atoms with Crippen molar-refractivity contribution >= 4 is 11.6 Å².